The maximum atomic E-state index is 13.0. The standard InChI is InChI=1S/C27H29ClN8O2/c1-33(9-8-25(37)35-12-10-34(11-13-35)24-7-6-19(14-29)15-30-24)18-23-21-5-3-2-4-20(21)17-36(23)22-16-31-32-27(38)26(22)28/h2-7,15-16,23H,8-13,17-18H2,1H3,(H,32,38)/t23-/m0/s1. The predicted octanol–water partition coefficient (Wildman–Crippen LogP) is 2.42. The van der Waals surface area contributed by atoms with E-state index in [9.17, 15) is 9.59 Å². The summed E-state index contributed by atoms with van der Waals surface area (Å²) in [6.45, 7) is 4.62. The maximum absolute atomic E-state index is 13.0. The lowest BCUT2D eigenvalue weighted by Gasteiger charge is -2.36. The Morgan fingerprint density at radius 2 is 1.97 bits per heavy atom. The van der Waals surface area contributed by atoms with Gasteiger partial charge in [0, 0.05) is 58.4 Å². The number of nitrogens with zero attached hydrogens (tertiary/aromatic N) is 7. The molecule has 2 aliphatic heterocycles. The second kappa shape index (κ2) is 11.2. The van der Waals surface area contributed by atoms with Gasteiger partial charge in [0.05, 0.1) is 23.5 Å². The van der Waals surface area contributed by atoms with E-state index in [1.165, 1.54) is 11.1 Å². The summed E-state index contributed by atoms with van der Waals surface area (Å²) in [5, 5.41) is 15.4. The average molecular weight is 533 g/mol. The maximum Gasteiger partial charge on any atom is 0.285 e. The van der Waals surface area contributed by atoms with E-state index in [0.29, 0.717) is 63.5 Å². The van der Waals surface area contributed by atoms with Gasteiger partial charge in [-0.05, 0) is 30.3 Å². The van der Waals surface area contributed by atoms with Crippen LogP contribution in [0.3, 0.4) is 0 Å². The summed E-state index contributed by atoms with van der Waals surface area (Å²) in [7, 11) is 2.01. The number of carbonyl (C=O) groups is 1. The van der Waals surface area contributed by atoms with Gasteiger partial charge in [0.2, 0.25) is 5.91 Å². The Kier molecular flexibility index (Phi) is 7.58. The molecule has 0 aliphatic carbocycles. The first-order valence-corrected chi connectivity index (χ1v) is 13.0. The smallest absolute Gasteiger partial charge is 0.285 e. The Morgan fingerprint density at radius 1 is 1.18 bits per heavy atom. The molecule has 1 atom stereocenters. The second-order valence-corrected chi connectivity index (χ2v) is 10.0. The minimum atomic E-state index is -0.409. The van der Waals surface area contributed by atoms with Crippen molar-refractivity contribution in [1.82, 2.24) is 25.0 Å². The number of halogens is 1. The fourth-order valence-corrected chi connectivity index (χ4v) is 5.34. The molecule has 0 saturated carbocycles. The lowest BCUT2D eigenvalue weighted by atomic mass is 10.0. The Bertz CT molecular complexity index is 1400. The Labute approximate surface area is 226 Å². The van der Waals surface area contributed by atoms with Crippen LogP contribution in [0.5, 0.6) is 0 Å². The highest BCUT2D eigenvalue weighted by Crippen LogP contribution is 2.39. The molecular formula is C27H29ClN8O2. The van der Waals surface area contributed by atoms with Crippen LogP contribution < -0.4 is 15.4 Å². The molecule has 1 amide bonds. The van der Waals surface area contributed by atoms with E-state index >= 15 is 0 Å². The third kappa shape index (κ3) is 5.35. The van der Waals surface area contributed by atoms with Crippen molar-refractivity contribution in [2.45, 2.75) is 19.0 Å². The van der Waals surface area contributed by atoms with Crippen LogP contribution in [0, 0.1) is 11.3 Å². The number of nitriles is 1. The Balaban J connectivity index is 1.17. The summed E-state index contributed by atoms with van der Waals surface area (Å²) in [6.07, 6.45) is 3.60. The normalized spacial score (nSPS) is 17.0. The molecule has 1 N–H and O–H groups in total. The molecule has 0 bridgehead atoms. The molecule has 38 heavy (non-hydrogen) atoms. The lowest BCUT2D eigenvalue weighted by Crippen LogP contribution is -2.49. The van der Waals surface area contributed by atoms with Gasteiger partial charge in [-0.25, -0.2) is 10.1 Å². The van der Waals surface area contributed by atoms with Gasteiger partial charge in [-0.1, -0.05) is 35.9 Å². The van der Waals surface area contributed by atoms with Crippen LogP contribution in [0.25, 0.3) is 0 Å². The van der Waals surface area contributed by atoms with Crippen molar-refractivity contribution >= 4 is 29.0 Å². The van der Waals surface area contributed by atoms with Gasteiger partial charge in [-0.15, -0.1) is 0 Å². The first-order chi connectivity index (χ1) is 18.4. The first kappa shape index (κ1) is 25.7. The average Bonchev–Trinajstić information content (AvgIpc) is 3.31. The Hall–Kier alpha value is -3.94. The van der Waals surface area contributed by atoms with Gasteiger partial charge in [0.25, 0.3) is 5.56 Å². The number of benzene rings is 1. The molecule has 3 aromatic rings. The highest BCUT2D eigenvalue weighted by molar-refractivity contribution is 6.33. The molecule has 2 aromatic heterocycles. The summed E-state index contributed by atoms with van der Waals surface area (Å²) in [6, 6.07) is 13.9. The van der Waals surface area contributed by atoms with E-state index in [1.807, 2.05) is 30.1 Å². The number of piperazine rings is 1. The summed E-state index contributed by atoms with van der Waals surface area (Å²) >= 11 is 6.36. The van der Waals surface area contributed by atoms with Gasteiger partial charge < -0.3 is 19.6 Å². The molecule has 2 aliphatic rings. The molecule has 1 saturated heterocycles. The van der Waals surface area contributed by atoms with Crippen molar-refractivity contribution < 1.29 is 4.79 Å². The molecule has 10 nitrogen and oxygen atoms in total. The summed E-state index contributed by atoms with van der Waals surface area (Å²) in [5.74, 6) is 0.961. The number of H-pyrrole nitrogens is 1. The van der Waals surface area contributed by atoms with Crippen LogP contribution in [0.15, 0.2) is 53.6 Å². The van der Waals surface area contributed by atoms with Crippen LogP contribution in [-0.4, -0.2) is 77.2 Å². The molecule has 0 radical (unpaired) electrons. The van der Waals surface area contributed by atoms with E-state index in [2.05, 4.69) is 48.1 Å². The van der Waals surface area contributed by atoms with Gasteiger partial charge >= 0.3 is 0 Å². The molecule has 0 spiro atoms. The number of pyridine rings is 1. The fourth-order valence-electron chi connectivity index (χ4n) is 5.14. The largest absolute Gasteiger partial charge is 0.356 e. The predicted molar refractivity (Wildman–Crippen MR) is 145 cm³/mol. The lowest BCUT2D eigenvalue weighted by molar-refractivity contribution is -0.131. The number of aromatic nitrogens is 3. The van der Waals surface area contributed by atoms with Crippen molar-refractivity contribution in [3.8, 4) is 6.07 Å². The van der Waals surface area contributed by atoms with Crippen LogP contribution in [0.1, 0.15) is 29.2 Å². The number of hydrogen-bond donors (Lipinski definition) is 1. The van der Waals surface area contributed by atoms with Crippen LogP contribution in [0.2, 0.25) is 5.02 Å². The molecule has 0 unspecified atom stereocenters. The number of likely N-dealkylation sites (N-methyl/N-ethyl adjacent to an activating group) is 1. The molecule has 5 rings (SSSR count). The fraction of sp³-hybridized carbons (Fsp3) is 0.370. The van der Waals surface area contributed by atoms with Crippen molar-refractivity contribution in [1.29, 1.82) is 5.26 Å². The number of aromatic amines is 1. The monoisotopic (exact) mass is 532 g/mol. The van der Waals surface area contributed by atoms with Crippen LogP contribution in [-0.2, 0) is 11.3 Å². The Morgan fingerprint density at radius 3 is 2.71 bits per heavy atom. The van der Waals surface area contributed by atoms with Gasteiger partial charge in [-0.3, -0.25) is 9.59 Å². The first-order valence-electron chi connectivity index (χ1n) is 12.6. The molecule has 1 aromatic carbocycles. The van der Waals surface area contributed by atoms with Crippen molar-refractivity contribution in [3.05, 3.63) is 80.9 Å². The van der Waals surface area contributed by atoms with Crippen molar-refractivity contribution in [2.75, 3.05) is 56.1 Å². The number of nitrogens with one attached hydrogen (secondary N) is 1. The summed E-state index contributed by atoms with van der Waals surface area (Å²) in [4.78, 5) is 37.8. The highest BCUT2D eigenvalue weighted by Gasteiger charge is 2.33. The van der Waals surface area contributed by atoms with E-state index < -0.39 is 5.56 Å². The van der Waals surface area contributed by atoms with Crippen molar-refractivity contribution in [3.63, 3.8) is 0 Å². The minimum absolute atomic E-state index is 0.0177. The van der Waals surface area contributed by atoms with Crippen LogP contribution >= 0.6 is 11.6 Å². The zero-order chi connectivity index (χ0) is 26.6. The quantitative estimate of drug-likeness (QED) is 0.493. The zero-order valence-electron chi connectivity index (χ0n) is 21.2. The van der Waals surface area contributed by atoms with E-state index in [4.69, 9.17) is 16.9 Å². The van der Waals surface area contributed by atoms with Crippen molar-refractivity contribution in [2.24, 2.45) is 0 Å². The highest BCUT2D eigenvalue weighted by atomic mass is 35.5. The molecular weight excluding hydrogens is 504 g/mol. The molecule has 11 heteroatoms. The van der Waals surface area contributed by atoms with E-state index in [1.54, 1.807) is 18.5 Å². The molecule has 1 fully saturated rings. The van der Waals surface area contributed by atoms with Gasteiger partial charge in [0.15, 0.2) is 0 Å². The van der Waals surface area contributed by atoms with Gasteiger partial charge in [-0.2, -0.15) is 10.4 Å². The number of hydrogen-bond acceptors (Lipinski definition) is 8. The summed E-state index contributed by atoms with van der Waals surface area (Å²) < 4.78 is 0. The number of amides is 1. The van der Waals surface area contributed by atoms with E-state index in [-0.39, 0.29) is 17.0 Å². The minimum Gasteiger partial charge on any atom is -0.356 e. The number of fused-ring (bicyclic) bond motifs is 1. The topological polar surface area (TPSA) is 112 Å². The molecule has 4 heterocycles. The third-order valence-electron chi connectivity index (χ3n) is 7.24. The zero-order valence-corrected chi connectivity index (χ0v) is 21.9. The third-order valence-corrected chi connectivity index (χ3v) is 7.61. The summed E-state index contributed by atoms with van der Waals surface area (Å²) in [5.41, 5.74) is 3.11. The van der Waals surface area contributed by atoms with Crippen LogP contribution in [0.4, 0.5) is 11.5 Å². The van der Waals surface area contributed by atoms with Gasteiger partial charge in [0.1, 0.15) is 16.9 Å². The number of carbonyl (C=O) groups excluding carboxylic acids is 1. The number of anilines is 2. The van der Waals surface area contributed by atoms with E-state index in [0.717, 1.165) is 5.82 Å². The molecule has 196 valence electrons. The number of rotatable bonds is 7. The SMILES string of the molecule is CN(CCC(=O)N1CCN(c2ccc(C#N)cn2)CC1)C[C@H]1c2ccccc2CN1c1cn[nH]c(=O)c1Cl. The second-order valence-electron chi connectivity index (χ2n) is 9.64.